The van der Waals surface area contributed by atoms with Gasteiger partial charge in [-0.1, -0.05) is 12.1 Å². The molecule has 0 aliphatic heterocycles. The number of hydrogen-bond acceptors (Lipinski definition) is 3. The van der Waals surface area contributed by atoms with Crippen molar-refractivity contribution in [3.63, 3.8) is 0 Å². The molecule has 0 fully saturated rings. The molecular formula is C17H18N2O3. The van der Waals surface area contributed by atoms with Gasteiger partial charge < -0.3 is 19.8 Å². The lowest BCUT2D eigenvalue weighted by Gasteiger charge is -2.10. The Balaban J connectivity index is 1.79. The number of fused-ring (bicyclic) bond motifs is 1. The van der Waals surface area contributed by atoms with E-state index in [1.807, 2.05) is 26.0 Å². The lowest BCUT2D eigenvalue weighted by Crippen LogP contribution is -2.28. The zero-order chi connectivity index (χ0) is 15.7. The highest BCUT2D eigenvalue weighted by Crippen LogP contribution is 2.24. The van der Waals surface area contributed by atoms with E-state index in [1.165, 1.54) is 6.26 Å². The topological polar surface area (TPSA) is 78.3 Å². The SMILES string of the molecule is Cc1[nH]c2c(C(=O)NCC(O)c3ccco3)cccc2c1C. The molecule has 5 nitrogen and oxygen atoms in total. The highest BCUT2D eigenvalue weighted by atomic mass is 16.4. The molecule has 114 valence electrons. The molecule has 5 heteroatoms. The van der Waals surface area contributed by atoms with Crippen molar-refractivity contribution in [2.45, 2.75) is 20.0 Å². The van der Waals surface area contributed by atoms with Crippen LogP contribution in [0, 0.1) is 13.8 Å². The Bertz CT molecular complexity index is 803. The number of furan rings is 1. The van der Waals surface area contributed by atoms with E-state index in [4.69, 9.17) is 4.42 Å². The maximum absolute atomic E-state index is 12.4. The van der Waals surface area contributed by atoms with E-state index in [1.54, 1.807) is 18.2 Å². The average molecular weight is 298 g/mol. The molecule has 1 aromatic carbocycles. The molecule has 0 bridgehead atoms. The third-order valence-electron chi connectivity index (χ3n) is 3.92. The van der Waals surface area contributed by atoms with Crippen LogP contribution < -0.4 is 5.32 Å². The van der Waals surface area contributed by atoms with Crippen LogP contribution in [0.2, 0.25) is 0 Å². The van der Waals surface area contributed by atoms with Gasteiger partial charge in [-0.2, -0.15) is 0 Å². The van der Waals surface area contributed by atoms with Crippen molar-refractivity contribution in [3.8, 4) is 0 Å². The standard InChI is InChI=1S/C17H18N2O3/c1-10-11(2)19-16-12(10)5-3-6-13(16)17(21)18-9-14(20)15-7-4-8-22-15/h3-8,14,19-20H,9H2,1-2H3,(H,18,21). The van der Waals surface area contributed by atoms with E-state index in [0.717, 1.165) is 22.2 Å². The summed E-state index contributed by atoms with van der Waals surface area (Å²) in [7, 11) is 0. The van der Waals surface area contributed by atoms with Crippen LogP contribution in [-0.4, -0.2) is 22.5 Å². The summed E-state index contributed by atoms with van der Waals surface area (Å²) in [6, 6.07) is 9.00. The Labute approximate surface area is 128 Å². The van der Waals surface area contributed by atoms with E-state index >= 15 is 0 Å². The molecule has 0 aliphatic rings. The van der Waals surface area contributed by atoms with E-state index in [-0.39, 0.29) is 12.5 Å². The summed E-state index contributed by atoms with van der Waals surface area (Å²) in [5.41, 5.74) is 3.58. The van der Waals surface area contributed by atoms with Crippen LogP contribution >= 0.6 is 0 Å². The van der Waals surface area contributed by atoms with Crippen LogP contribution in [0.3, 0.4) is 0 Å². The van der Waals surface area contributed by atoms with Gasteiger partial charge in [-0.25, -0.2) is 0 Å². The summed E-state index contributed by atoms with van der Waals surface area (Å²) >= 11 is 0. The predicted molar refractivity (Wildman–Crippen MR) is 83.8 cm³/mol. The van der Waals surface area contributed by atoms with Crippen molar-refractivity contribution < 1.29 is 14.3 Å². The number of nitrogens with one attached hydrogen (secondary N) is 2. The van der Waals surface area contributed by atoms with Crippen LogP contribution in [0.25, 0.3) is 10.9 Å². The van der Waals surface area contributed by atoms with Gasteiger partial charge in [0.2, 0.25) is 0 Å². The summed E-state index contributed by atoms with van der Waals surface area (Å²) in [5, 5.41) is 13.7. The zero-order valence-corrected chi connectivity index (χ0v) is 12.5. The molecule has 0 spiro atoms. The van der Waals surface area contributed by atoms with Crippen LogP contribution in [-0.2, 0) is 0 Å². The van der Waals surface area contributed by atoms with Crippen molar-refractivity contribution >= 4 is 16.8 Å². The Morgan fingerprint density at radius 3 is 2.86 bits per heavy atom. The molecular weight excluding hydrogens is 280 g/mol. The van der Waals surface area contributed by atoms with Gasteiger partial charge in [0.25, 0.3) is 5.91 Å². The third-order valence-corrected chi connectivity index (χ3v) is 3.92. The Hall–Kier alpha value is -2.53. The molecule has 3 aromatic rings. The fourth-order valence-corrected chi connectivity index (χ4v) is 2.54. The lowest BCUT2D eigenvalue weighted by atomic mass is 10.1. The van der Waals surface area contributed by atoms with Crippen molar-refractivity contribution in [1.82, 2.24) is 10.3 Å². The number of para-hydroxylation sites is 1. The van der Waals surface area contributed by atoms with Crippen molar-refractivity contribution in [1.29, 1.82) is 0 Å². The Morgan fingerprint density at radius 2 is 2.14 bits per heavy atom. The number of H-pyrrole nitrogens is 1. The monoisotopic (exact) mass is 298 g/mol. The first-order chi connectivity index (χ1) is 10.6. The van der Waals surface area contributed by atoms with Gasteiger partial charge in [0.05, 0.1) is 23.9 Å². The van der Waals surface area contributed by atoms with Crippen LogP contribution in [0.15, 0.2) is 41.0 Å². The third kappa shape index (κ3) is 2.51. The van der Waals surface area contributed by atoms with Crippen LogP contribution in [0.5, 0.6) is 0 Å². The van der Waals surface area contributed by atoms with E-state index in [2.05, 4.69) is 10.3 Å². The van der Waals surface area contributed by atoms with Gasteiger partial charge in [-0.15, -0.1) is 0 Å². The smallest absolute Gasteiger partial charge is 0.253 e. The van der Waals surface area contributed by atoms with Crippen LogP contribution in [0.4, 0.5) is 0 Å². The number of rotatable bonds is 4. The molecule has 0 saturated carbocycles. The second-order valence-electron chi connectivity index (χ2n) is 5.34. The van der Waals surface area contributed by atoms with Gasteiger partial charge in [-0.05, 0) is 37.6 Å². The minimum absolute atomic E-state index is 0.0986. The van der Waals surface area contributed by atoms with Gasteiger partial charge >= 0.3 is 0 Å². The number of carbonyl (C=O) groups is 1. The summed E-state index contributed by atoms with van der Waals surface area (Å²) in [6.45, 7) is 4.11. The van der Waals surface area contributed by atoms with E-state index < -0.39 is 6.10 Å². The summed E-state index contributed by atoms with van der Waals surface area (Å²) < 4.78 is 5.12. The maximum Gasteiger partial charge on any atom is 0.253 e. The second-order valence-corrected chi connectivity index (χ2v) is 5.34. The normalized spacial score (nSPS) is 12.5. The molecule has 2 heterocycles. The summed E-state index contributed by atoms with van der Waals surface area (Å²) in [4.78, 5) is 15.6. The van der Waals surface area contributed by atoms with Gasteiger partial charge in [-0.3, -0.25) is 4.79 Å². The van der Waals surface area contributed by atoms with Gasteiger partial charge in [0.1, 0.15) is 11.9 Å². The van der Waals surface area contributed by atoms with E-state index in [9.17, 15) is 9.90 Å². The molecule has 0 radical (unpaired) electrons. The predicted octanol–water partition coefficient (Wildman–Crippen LogP) is 2.84. The van der Waals surface area contributed by atoms with Gasteiger partial charge in [0.15, 0.2) is 0 Å². The largest absolute Gasteiger partial charge is 0.467 e. The Kier molecular flexibility index (Phi) is 3.73. The first-order valence-electron chi connectivity index (χ1n) is 7.15. The quantitative estimate of drug-likeness (QED) is 0.693. The fourth-order valence-electron chi connectivity index (χ4n) is 2.54. The minimum Gasteiger partial charge on any atom is -0.467 e. The first kappa shape index (κ1) is 14.4. The zero-order valence-electron chi connectivity index (χ0n) is 12.5. The highest BCUT2D eigenvalue weighted by molar-refractivity contribution is 6.06. The first-order valence-corrected chi connectivity index (χ1v) is 7.15. The molecule has 3 N–H and O–H groups in total. The number of amides is 1. The van der Waals surface area contributed by atoms with Crippen LogP contribution in [0.1, 0.15) is 33.5 Å². The number of aryl methyl sites for hydroxylation is 2. The molecule has 2 aromatic heterocycles. The summed E-state index contributed by atoms with van der Waals surface area (Å²) in [6.07, 6.45) is 0.635. The molecule has 22 heavy (non-hydrogen) atoms. The number of hydrogen-bond donors (Lipinski definition) is 3. The fraction of sp³-hybridized carbons (Fsp3) is 0.235. The number of aliphatic hydroxyl groups is 1. The van der Waals surface area contributed by atoms with Gasteiger partial charge in [0, 0.05) is 11.1 Å². The molecule has 1 unspecified atom stereocenters. The molecule has 1 amide bonds. The molecule has 0 saturated heterocycles. The molecule has 0 aliphatic carbocycles. The Morgan fingerprint density at radius 1 is 1.32 bits per heavy atom. The number of aliphatic hydroxyl groups excluding tert-OH is 1. The second kappa shape index (κ2) is 5.69. The lowest BCUT2D eigenvalue weighted by molar-refractivity contribution is 0.0902. The minimum atomic E-state index is -0.856. The number of benzene rings is 1. The highest BCUT2D eigenvalue weighted by Gasteiger charge is 2.16. The molecule has 1 atom stereocenters. The number of aromatic nitrogens is 1. The number of carbonyl (C=O) groups excluding carboxylic acids is 1. The summed E-state index contributed by atoms with van der Waals surface area (Å²) in [5.74, 6) is 0.211. The van der Waals surface area contributed by atoms with Crippen molar-refractivity contribution in [2.75, 3.05) is 6.54 Å². The maximum atomic E-state index is 12.4. The van der Waals surface area contributed by atoms with E-state index in [0.29, 0.717) is 11.3 Å². The average Bonchev–Trinajstić information content (AvgIpc) is 3.14. The van der Waals surface area contributed by atoms with Crippen molar-refractivity contribution in [3.05, 3.63) is 59.2 Å². The number of aromatic amines is 1. The van der Waals surface area contributed by atoms with Crippen molar-refractivity contribution in [2.24, 2.45) is 0 Å². The molecule has 3 rings (SSSR count).